The van der Waals surface area contributed by atoms with Gasteiger partial charge >= 0.3 is 0 Å². The Balaban J connectivity index is 2.34. The molecule has 0 aromatic heterocycles. The molecule has 2 aliphatic rings. The highest BCUT2D eigenvalue weighted by atomic mass is 16.7. The fourth-order valence-electron chi connectivity index (χ4n) is 2.87. The lowest BCUT2D eigenvalue weighted by molar-refractivity contribution is -0.237. The predicted octanol–water partition coefficient (Wildman–Crippen LogP) is -0.0918. The van der Waals surface area contributed by atoms with Crippen LogP contribution < -0.4 is 0 Å². The molecule has 1 saturated carbocycles. The van der Waals surface area contributed by atoms with E-state index in [0.717, 1.165) is 0 Å². The lowest BCUT2D eigenvalue weighted by Crippen LogP contribution is -2.44. The molecular formula is C12H16O4. The van der Waals surface area contributed by atoms with E-state index in [1.807, 2.05) is 12.2 Å². The maximum Gasteiger partial charge on any atom is 0.183 e. The highest BCUT2D eigenvalue weighted by molar-refractivity contribution is 5.33. The second-order valence-electron chi connectivity index (χ2n) is 4.19. The number of ether oxygens (including phenoxy) is 2. The van der Waals surface area contributed by atoms with Crippen molar-refractivity contribution in [3.05, 3.63) is 12.2 Å². The lowest BCUT2D eigenvalue weighted by atomic mass is 9.88. The Hall–Kier alpha value is -0.860. The molecule has 2 bridgehead atoms. The summed E-state index contributed by atoms with van der Waals surface area (Å²) in [5, 5.41) is 19.1. The number of aliphatic hydroxyl groups is 2. The number of hydrogen-bond donors (Lipinski definition) is 2. The van der Waals surface area contributed by atoms with Crippen molar-refractivity contribution in [1.82, 2.24) is 0 Å². The van der Waals surface area contributed by atoms with E-state index in [1.54, 1.807) is 14.2 Å². The van der Waals surface area contributed by atoms with Crippen LogP contribution >= 0.6 is 0 Å². The minimum Gasteiger partial charge on any atom is -0.384 e. The Bertz CT molecular complexity index is 361. The number of hydrogen-bond acceptors (Lipinski definition) is 4. The molecule has 3 unspecified atom stereocenters. The van der Waals surface area contributed by atoms with Crippen LogP contribution in [0, 0.1) is 23.7 Å². The number of methoxy groups -OCH3 is 2. The van der Waals surface area contributed by atoms with Gasteiger partial charge in [-0.2, -0.15) is 0 Å². The Morgan fingerprint density at radius 2 is 2.06 bits per heavy atom. The summed E-state index contributed by atoms with van der Waals surface area (Å²) < 4.78 is 10.9. The molecule has 2 rings (SSSR count). The quantitative estimate of drug-likeness (QED) is 0.391. The van der Waals surface area contributed by atoms with Crippen LogP contribution in [0.5, 0.6) is 0 Å². The van der Waals surface area contributed by atoms with Crippen LogP contribution in [0.15, 0.2) is 12.2 Å². The van der Waals surface area contributed by atoms with E-state index in [0.29, 0.717) is 6.42 Å². The third kappa shape index (κ3) is 1.33. The summed E-state index contributed by atoms with van der Waals surface area (Å²) in [4.78, 5) is 0. The molecule has 0 amide bonds. The highest BCUT2D eigenvalue weighted by Gasteiger charge is 2.64. The minimum atomic E-state index is -1.16. The number of aliphatic hydroxyl groups excluding tert-OH is 1. The Morgan fingerprint density at radius 1 is 1.38 bits per heavy atom. The summed E-state index contributed by atoms with van der Waals surface area (Å²) in [5.74, 6) is 4.11. The molecule has 3 atom stereocenters. The average molecular weight is 224 g/mol. The van der Waals surface area contributed by atoms with E-state index >= 15 is 0 Å². The van der Waals surface area contributed by atoms with Crippen LogP contribution in [0.2, 0.25) is 0 Å². The van der Waals surface area contributed by atoms with Crippen molar-refractivity contribution < 1.29 is 19.7 Å². The molecule has 4 nitrogen and oxygen atoms in total. The van der Waals surface area contributed by atoms with Crippen molar-refractivity contribution in [2.75, 3.05) is 20.8 Å². The molecular weight excluding hydrogens is 208 g/mol. The van der Waals surface area contributed by atoms with Crippen molar-refractivity contribution in [3.8, 4) is 11.8 Å². The standard InChI is InChI=1S/C12H16O4/c1-15-12(16-2)9-4-5-10(12)11(14,8-9)6-3-7-13/h4-5,9-10,13-14H,7-8H2,1-2H3. The van der Waals surface area contributed by atoms with Gasteiger partial charge in [-0.1, -0.05) is 24.0 Å². The lowest BCUT2D eigenvalue weighted by Gasteiger charge is -2.33. The van der Waals surface area contributed by atoms with E-state index in [9.17, 15) is 5.11 Å². The topological polar surface area (TPSA) is 58.9 Å². The molecule has 2 aliphatic carbocycles. The van der Waals surface area contributed by atoms with Crippen LogP contribution in [0.25, 0.3) is 0 Å². The summed E-state index contributed by atoms with van der Waals surface area (Å²) in [6, 6.07) is 0. The van der Waals surface area contributed by atoms with Gasteiger partial charge in [-0.05, 0) is 6.42 Å². The summed E-state index contributed by atoms with van der Waals surface area (Å²) in [6.45, 7) is -0.254. The summed E-state index contributed by atoms with van der Waals surface area (Å²) in [6.07, 6.45) is 4.35. The van der Waals surface area contributed by atoms with E-state index < -0.39 is 11.4 Å². The minimum absolute atomic E-state index is 0.00509. The SMILES string of the molecule is COC1(OC)C2C=CC1C(O)(C#CCO)C2. The molecule has 4 heteroatoms. The molecule has 88 valence electrons. The van der Waals surface area contributed by atoms with E-state index in [4.69, 9.17) is 14.6 Å². The molecule has 0 aliphatic heterocycles. The van der Waals surface area contributed by atoms with Crippen molar-refractivity contribution >= 4 is 0 Å². The van der Waals surface area contributed by atoms with Gasteiger partial charge in [0.25, 0.3) is 0 Å². The molecule has 2 N–H and O–H groups in total. The second-order valence-corrected chi connectivity index (χ2v) is 4.19. The first-order chi connectivity index (χ1) is 7.63. The fraction of sp³-hybridized carbons (Fsp3) is 0.667. The van der Waals surface area contributed by atoms with Gasteiger partial charge < -0.3 is 19.7 Å². The summed E-state index contributed by atoms with van der Waals surface area (Å²) >= 11 is 0. The molecule has 0 heterocycles. The van der Waals surface area contributed by atoms with Gasteiger partial charge in [0.2, 0.25) is 0 Å². The number of rotatable bonds is 2. The Labute approximate surface area is 94.9 Å². The average Bonchev–Trinajstić information content (AvgIpc) is 2.76. The normalized spacial score (nSPS) is 38.5. The molecule has 0 spiro atoms. The largest absolute Gasteiger partial charge is 0.384 e. The van der Waals surface area contributed by atoms with Gasteiger partial charge in [0, 0.05) is 20.1 Å². The monoisotopic (exact) mass is 224 g/mol. The van der Waals surface area contributed by atoms with Crippen molar-refractivity contribution in [2.45, 2.75) is 17.8 Å². The Morgan fingerprint density at radius 3 is 2.56 bits per heavy atom. The maximum absolute atomic E-state index is 10.4. The zero-order chi connectivity index (χ0) is 11.8. The Kier molecular flexibility index (Phi) is 2.81. The molecule has 0 radical (unpaired) electrons. The molecule has 0 aromatic carbocycles. The third-order valence-corrected chi connectivity index (χ3v) is 3.55. The van der Waals surface area contributed by atoms with Gasteiger partial charge in [-0.25, -0.2) is 0 Å². The van der Waals surface area contributed by atoms with Crippen molar-refractivity contribution in [1.29, 1.82) is 0 Å². The maximum atomic E-state index is 10.4. The first kappa shape index (κ1) is 11.6. The van der Waals surface area contributed by atoms with Gasteiger partial charge in [-0.3, -0.25) is 0 Å². The summed E-state index contributed by atoms with van der Waals surface area (Å²) in [7, 11) is 3.14. The van der Waals surface area contributed by atoms with Crippen LogP contribution in [0.3, 0.4) is 0 Å². The van der Waals surface area contributed by atoms with E-state index in [2.05, 4.69) is 11.8 Å². The zero-order valence-electron chi connectivity index (χ0n) is 9.43. The van der Waals surface area contributed by atoms with Crippen molar-refractivity contribution in [3.63, 3.8) is 0 Å². The number of fused-ring (bicyclic) bond motifs is 2. The first-order valence-corrected chi connectivity index (χ1v) is 5.25. The molecule has 0 saturated heterocycles. The fourth-order valence-corrected chi connectivity index (χ4v) is 2.87. The van der Waals surface area contributed by atoms with Gasteiger partial charge in [0.1, 0.15) is 12.2 Å². The van der Waals surface area contributed by atoms with Crippen LogP contribution in [0.4, 0.5) is 0 Å². The molecule has 1 fully saturated rings. The van der Waals surface area contributed by atoms with Crippen LogP contribution in [-0.4, -0.2) is 42.4 Å². The highest BCUT2D eigenvalue weighted by Crippen LogP contribution is 2.54. The predicted molar refractivity (Wildman–Crippen MR) is 57.3 cm³/mol. The van der Waals surface area contributed by atoms with Gasteiger partial charge in [0.05, 0.1) is 5.92 Å². The zero-order valence-corrected chi connectivity index (χ0v) is 9.43. The first-order valence-electron chi connectivity index (χ1n) is 5.25. The molecule has 16 heavy (non-hydrogen) atoms. The van der Waals surface area contributed by atoms with Crippen LogP contribution in [0.1, 0.15) is 6.42 Å². The van der Waals surface area contributed by atoms with Gasteiger partial charge in [0.15, 0.2) is 5.79 Å². The summed E-state index contributed by atoms with van der Waals surface area (Å²) in [5.41, 5.74) is -1.16. The second kappa shape index (κ2) is 3.86. The van der Waals surface area contributed by atoms with E-state index in [-0.39, 0.29) is 18.4 Å². The molecule has 0 aromatic rings. The van der Waals surface area contributed by atoms with E-state index in [1.165, 1.54) is 0 Å². The van der Waals surface area contributed by atoms with Gasteiger partial charge in [-0.15, -0.1) is 0 Å². The van der Waals surface area contributed by atoms with Crippen LogP contribution in [-0.2, 0) is 9.47 Å². The van der Waals surface area contributed by atoms with Crippen molar-refractivity contribution in [2.24, 2.45) is 11.8 Å². The smallest absolute Gasteiger partial charge is 0.183 e. The third-order valence-electron chi connectivity index (χ3n) is 3.55.